The summed E-state index contributed by atoms with van der Waals surface area (Å²) in [5.74, 6) is 0.819. The molecule has 3 unspecified atom stereocenters. The van der Waals surface area contributed by atoms with Gasteiger partial charge in [0.15, 0.2) is 0 Å². The number of hydrogen-bond acceptors (Lipinski definition) is 2. The number of piperidine rings is 1. The van der Waals surface area contributed by atoms with E-state index in [1.165, 1.54) is 36.1 Å². The number of aryl methyl sites for hydroxylation is 2. The molecule has 1 aliphatic rings. The number of hydrogen-bond donors (Lipinski definition) is 1. The molecule has 1 N–H and O–H groups in total. The lowest BCUT2D eigenvalue weighted by molar-refractivity contribution is 0.103. The van der Waals surface area contributed by atoms with Gasteiger partial charge in [0.25, 0.3) is 0 Å². The van der Waals surface area contributed by atoms with Crippen molar-refractivity contribution < 1.29 is 0 Å². The van der Waals surface area contributed by atoms with E-state index in [4.69, 9.17) is 0 Å². The first-order chi connectivity index (χ1) is 9.52. The Kier molecular flexibility index (Phi) is 5.22. The normalized spacial score (nSPS) is 25.6. The first-order valence-corrected chi connectivity index (χ1v) is 8.01. The lowest BCUT2D eigenvalue weighted by Gasteiger charge is -2.40. The summed E-state index contributed by atoms with van der Waals surface area (Å²) in [6.45, 7) is 11.5. The zero-order valence-corrected chi connectivity index (χ0v) is 13.7. The number of nitrogens with one attached hydrogen (secondary N) is 1. The molecule has 1 fully saturated rings. The van der Waals surface area contributed by atoms with Crippen molar-refractivity contribution in [2.24, 2.45) is 5.92 Å². The third-order valence-corrected chi connectivity index (χ3v) is 5.08. The summed E-state index contributed by atoms with van der Waals surface area (Å²) in [6.07, 6.45) is 2.72. The monoisotopic (exact) mass is 274 g/mol. The zero-order valence-electron chi connectivity index (χ0n) is 13.7. The second-order valence-electron chi connectivity index (χ2n) is 6.56. The van der Waals surface area contributed by atoms with Crippen LogP contribution in [0.25, 0.3) is 0 Å². The van der Waals surface area contributed by atoms with E-state index in [-0.39, 0.29) is 0 Å². The molecule has 2 heteroatoms. The molecule has 2 nitrogen and oxygen atoms in total. The summed E-state index contributed by atoms with van der Waals surface area (Å²) in [7, 11) is 2.09. The Morgan fingerprint density at radius 3 is 2.75 bits per heavy atom. The van der Waals surface area contributed by atoms with E-state index in [1.54, 1.807) is 0 Å². The fourth-order valence-electron chi connectivity index (χ4n) is 3.39. The van der Waals surface area contributed by atoms with Gasteiger partial charge in [-0.05, 0) is 64.3 Å². The summed E-state index contributed by atoms with van der Waals surface area (Å²) < 4.78 is 0. The van der Waals surface area contributed by atoms with Gasteiger partial charge in [-0.25, -0.2) is 0 Å². The van der Waals surface area contributed by atoms with E-state index in [0.29, 0.717) is 12.1 Å². The van der Waals surface area contributed by atoms with Crippen molar-refractivity contribution in [1.82, 2.24) is 10.2 Å². The van der Waals surface area contributed by atoms with Gasteiger partial charge < -0.3 is 5.32 Å². The maximum absolute atomic E-state index is 3.53. The highest BCUT2D eigenvalue weighted by atomic mass is 15.2. The van der Waals surface area contributed by atoms with Crippen LogP contribution < -0.4 is 5.32 Å². The largest absolute Gasteiger partial charge is 0.312 e. The molecule has 0 aliphatic carbocycles. The quantitative estimate of drug-likeness (QED) is 0.901. The van der Waals surface area contributed by atoms with Gasteiger partial charge in [0.1, 0.15) is 0 Å². The van der Waals surface area contributed by atoms with Gasteiger partial charge in [0.05, 0.1) is 0 Å². The topological polar surface area (TPSA) is 15.3 Å². The molecule has 0 amide bonds. The molecule has 1 aliphatic heterocycles. The van der Waals surface area contributed by atoms with E-state index in [0.717, 1.165) is 12.5 Å². The molecule has 0 bridgehead atoms. The molecular formula is C18H30N2. The third-order valence-electron chi connectivity index (χ3n) is 5.08. The van der Waals surface area contributed by atoms with Crippen molar-refractivity contribution in [3.8, 4) is 0 Å². The average molecular weight is 274 g/mol. The second kappa shape index (κ2) is 6.73. The molecular weight excluding hydrogens is 244 g/mol. The van der Waals surface area contributed by atoms with Crippen LogP contribution in [0.2, 0.25) is 0 Å². The molecule has 2 rings (SSSR count). The molecule has 3 atom stereocenters. The summed E-state index contributed by atoms with van der Waals surface area (Å²) in [5.41, 5.74) is 4.21. The van der Waals surface area contributed by atoms with E-state index in [9.17, 15) is 0 Å². The van der Waals surface area contributed by atoms with Crippen molar-refractivity contribution in [1.29, 1.82) is 0 Å². The highest BCUT2D eigenvalue weighted by Gasteiger charge is 2.27. The van der Waals surface area contributed by atoms with Crippen LogP contribution >= 0.6 is 0 Å². The molecule has 0 aromatic heterocycles. The Morgan fingerprint density at radius 2 is 2.05 bits per heavy atom. The van der Waals surface area contributed by atoms with Gasteiger partial charge in [-0.1, -0.05) is 30.7 Å². The molecule has 20 heavy (non-hydrogen) atoms. The lowest BCUT2D eigenvalue weighted by atomic mass is 9.90. The third kappa shape index (κ3) is 3.42. The van der Waals surface area contributed by atoms with E-state index in [2.05, 4.69) is 63.2 Å². The maximum atomic E-state index is 3.53. The Morgan fingerprint density at radius 1 is 1.30 bits per heavy atom. The Bertz CT molecular complexity index is 441. The molecule has 1 aromatic carbocycles. The van der Waals surface area contributed by atoms with E-state index >= 15 is 0 Å². The Labute approximate surface area is 124 Å². The van der Waals surface area contributed by atoms with Crippen molar-refractivity contribution in [3.05, 3.63) is 34.9 Å². The molecule has 0 spiro atoms. The highest BCUT2D eigenvalue weighted by molar-refractivity contribution is 5.33. The van der Waals surface area contributed by atoms with Crippen LogP contribution in [0, 0.1) is 19.8 Å². The van der Waals surface area contributed by atoms with Crippen LogP contribution in [0.15, 0.2) is 18.2 Å². The summed E-state index contributed by atoms with van der Waals surface area (Å²) >= 11 is 0. The van der Waals surface area contributed by atoms with Crippen molar-refractivity contribution >= 4 is 0 Å². The standard InChI is InChI=1S/C18H30N2/c1-13-8-9-15(3)17(11-13)18(19-5)12-20-10-6-7-14(2)16(20)4/h8-9,11,14,16,18-19H,6-7,10,12H2,1-5H3. The maximum Gasteiger partial charge on any atom is 0.0449 e. The number of rotatable bonds is 4. The minimum absolute atomic E-state index is 0.433. The van der Waals surface area contributed by atoms with Gasteiger partial charge >= 0.3 is 0 Å². The molecule has 112 valence electrons. The second-order valence-corrected chi connectivity index (χ2v) is 6.56. The van der Waals surface area contributed by atoms with Gasteiger partial charge in [0.2, 0.25) is 0 Å². The van der Waals surface area contributed by atoms with Crippen molar-refractivity contribution in [2.75, 3.05) is 20.1 Å². The Balaban J connectivity index is 2.14. The van der Waals surface area contributed by atoms with Crippen LogP contribution in [0.3, 0.4) is 0 Å². The molecule has 1 heterocycles. The fourth-order valence-corrected chi connectivity index (χ4v) is 3.39. The zero-order chi connectivity index (χ0) is 14.7. The van der Waals surface area contributed by atoms with Gasteiger partial charge in [-0.2, -0.15) is 0 Å². The van der Waals surface area contributed by atoms with Crippen molar-refractivity contribution in [3.63, 3.8) is 0 Å². The molecule has 0 radical (unpaired) electrons. The number of likely N-dealkylation sites (tertiary alicyclic amines) is 1. The fraction of sp³-hybridized carbons (Fsp3) is 0.667. The van der Waals surface area contributed by atoms with Crippen LogP contribution in [0.4, 0.5) is 0 Å². The highest BCUT2D eigenvalue weighted by Crippen LogP contribution is 2.26. The minimum Gasteiger partial charge on any atom is -0.312 e. The number of nitrogens with zero attached hydrogens (tertiary/aromatic N) is 1. The van der Waals surface area contributed by atoms with E-state index in [1.807, 2.05) is 0 Å². The van der Waals surface area contributed by atoms with E-state index < -0.39 is 0 Å². The van der Waals surface area contributed by atoms with Gasteiger partial charge in [-0.15, -0.1) is 0 Å². The van der Waals surface area contributed by atoms with Crippen LogP contribution in [-0.4, -0.2) is 31.1 Å². The van der Waals surface area contributed by atoms with Crippen LogP contribution in [0.1, 0.15) is 49.4 Å². The minimum atomic E-state index is 0.433. The van der Waals surface area contributed by atoms with Crippen LogP contribution in [0.5, 0.6) is 0 Å². The SMILES string of the molecule is CNC(CN1CCCC(C)C1C)c1cc(C)ccc1C. The summed E-state index contributed by atoms with van der Waals surface area (Å²) in [6, 6.07) is 7.93. The first kappa shape index (κ1) is 15.5. The lowest BCUT2D eigenvalue weighted by Crippen LogP contribution is -2.46. The summed E-state index contributed by atoms with van der Waals surface area (Å²) in [5, 5.41) is 3.53. The predicted molar refractivity (Wildman–Crippen MR) is 87.1 cm³/mol. The molecule has 1 saturated heterocycles. The Hall–Kier alpha value is -0.860. The molecule has 0 saturated carbocycles. The van der Waals surface area contributed by atoms with Gasteiger partial charge in [0, 0.05) is 18.6 Å². The summed E-state index contributed by atoms with van der Waals surface area (Å²) in [4.78, 5) is 2.66. The van der Waals surface area contributed by atoms with Crippen molar-refractivity contribution in [2.45, 2.75) is 52.6 Å². The molecule has 1 aromatic rings. The predicted octanol–water partition coefficient (Wildman–Crippen LogP) is 3.68. The van der Waals surface area contributed by atoms with Crippen LogP contribution in [-0.2, 0) is 0 Å². The average Bonchev–Trinajstić information content (AvgIpc) is 2.43. The number of benzene rings is 1. The smallest absolute Gasteiger partial charge is 0.0449 e. The number of likely N-dealkylation sites (N-methyl/N-ethyl adjacent to an activating group) is 1. The first-order valence-electron chi connectivity index (χ1n) is 8.01. The van der Waals surface area contributed by atoms with Gasteiger partial charge in [-0.3, -0.25) is 4.90 Å².